The number of ether oxygens (including phenoxy) is 2. The molecule has 2 atom stereocenters. The van der Waals surface area contributed by atoms with Gasteiger partial charge in [0.05, 0.1) is 16.5 Å². The van der Waals surface area contributed by atoms with E-state index in [1.165, 1.54) is 6.07 Å². The Hall–Kier alpha value is -1.95. The summed E-state index contributed by atoms with van der Waals surface area (Å²) >= 11 is 6.10. The minimum atomic E-state index is -0.879. The highest BCUT2D eigenvalue weighted by molar-refractivity contribution is 6.32. The van der Waals surface area contributed by atoms with E-state index in [0.717, 1.165) is 12.8 Å². The molecule has 1 aliphatic heterocycles. The molecule has 124 valence electrons. The predicted molar refractivity (Wildman–Crippen MR) is 83.0 cm³/mol. The van der Waals surface area contributed by atoms with Crippen LogP contribution in [0.3, 0.4) is 0 Å². The number of hydrogen-bond acceptors (Lipinski definition) is 4. The Bertz CT molecular complexity index is 662. The van der Waals surface area contributed by atoms with E-state index in [2.05, 4.69) is 5.32 Å². The van der Waals surface area contributed by atoms with E-state index >= 15 is 0 Å². The van der Waals surface area contributed by atoms with E-state index < -0.39 is 17.4 Å². The smallest absolute Gasteiger partial charge is 0.308 e. The molecular weight excluding hydrogens is 322 g/mol. The summed E-state index contributed by atoms with van der Waals surface area (Å²) in [6.07, 6.45) is 2.95. The Morgan fingerprint density at radius 2 is 2.13 bits per heavy atom. The summed E-state index contributed by atoms with van der Waals surface area (Å²) in [7, 11) is 0. The summed E-state index contributed by atoms with van der Waals surface area (Å²) < 4.78 is 10.5. The zero-order chi connectivity index (χ0) is 16.6. The van der Waals surface area contributed by atoms with Crippen LogP contribution in [0.4, 0.5) is 0 Å². The number of rotatable bonds is 3. The van der Waals surface area contributed by atoms with Crippen LogP contribution in [-0.4, -0.2) is 29.3 Å². The lowest BCUT2D eigenvalue weighted by Gasteiger charge is -2.39. The second kappa shape index (κ2) is 5.92. The molecule has 23 heavy (non-hydrogen) atoms. The average Bonchev–Trinajstić information content (AvgIpc) is 2.95. The van der Waals surface area contributed by atoms with Gasteiger partial charge in [0, 0.05) is 5.56 Å². The monoisotopic (exact) mass is 339 g/mol. The highest BCUT2D eigenvalue weighted by atomic mass is 35.5. The molecule has 1 amide bonds. The molecule has 2 aliphatic rings. The third-order valence-electron chi connectivity index (χ3n) is 4.59. The molecule has 1 aliphatic carbocycles. The molecule has 0 bridgehead atoms. The fourth-order valence-corrected chi connectivity index (χ4v) is 3.57. The Morgan fingerprint density at radius 3 is 2.87 bits per heavy atom. The maximum absolute atomic E-state index is 12.6. The number of aliphatic carboxylic acids is 1. The molecule has 2 unspecified atom stereocenters. The molecule has 0 saturated heterocycles. The lowest BCUT2D eigenvalue weighted by atomic mass is 9.73. The number of amides is 1. The predicted octanol–water partition coefficient (Wildman–Crippen LogP) is 2.83. The van der Waals surface area contributed by atoms with Crippen molar-refractivity contribution in [3.63, 3.8) is 0 Å². The van der Waals surface area contributed by atoms with Crippen LogP contribution < -0.4 is 14.8 Å². The van der Waals surface area contributed by atoms with Crippen molar-refractivity contribution in [2.45, 2.75) is 38.1 Å². The Labute approximate surface area is 138 Å². The molecule has 6 nitrogen and oxygen atoms in total. The van der Waals surface area contributed by atoms with Crippen LogP contribution in [0.15, 0.2) is 12.1 Å². The molecule has 1 fully saturated rings. The summed E-state index contributed by atoms with van der Waals surface area (Å²) in [4.78, 5) is 24.1. The molecule has 1 saturated carbocycles. The van der Waals surface area contributed by atoms with Crippen LogP contribution in [0.25, 0.3) is 0 Å². The van der Waals surface area contributed by atoms with Gasteiger partial charge in [0.2, 0.25) is 6.79 Å². The van der Waals surface area contributed by atoms with E-state index in [-0.39, 0.29) is 12.7 Å². The standard InChI is InChI=1S/C16H18ClNO5/c1-16(5-3-2-4-10(16)15(20)21)18-14(19)9-6-11(17)13-12(7-9)22-8-23-13/h6-7,10H,2-5,8H2,1H3,(H,18,19)(H,20,21). The third-order valence-corrected chi connectivity index (χ3v) is 4.88. The van der Waals surface area contributed by atoms with Crippen LogP contribution in [0.2, 0.25) is 5.02 Å². The molecule has 7 heteroatoms. The molecule has 1 aromatic rings. The number of halogens is 1. The number of carbonyl (C=O) groups excluding carboxylic acids is 1. The number of nitrogens with one attached hydrogen (secondary N) is 1. The number of carbonyl (C=O) groups is 2. The Balaban J connectivity index is 1.83. The third kappa shape index (κ3) is 2.95. The van der Waals surface area contributed by atoms with Gasteiger partial charge in [-0.25, -0.2) is 0 Å². The number of carboxylic acids is 1. The zero-order valence-corrected chi connectivity index (χ0v) is 13.5. The number of benzene rings is 1. The molecular formula is C16H18ClNO5. The van der Waals surface area contributed by atoms with Crippen molar-refractivity contribution < 1.29 is 24.2 Å². The van der Waals surface area contributed by atoms with Crippen molar-refractivity contribution >= 4 is 23.5 Å². The summed E-state index contributed by atoms with van der Waals surface area (Å²) in [6, 6.07) is 3.07. The summed E-state index contributed by atoms with van der Waals surface area (Å²) in [5, 5.41) is 12.6. The SMILES string of the molecule is CC1(NC(=O)c2cc(Cl)c3c(c2)OCO3)CCCCC1C(=O)O. The van der Waals surface area contributed by atoms with Crippen molar-refractivity contribution in [1.82, 2.24) is 5.32 Å². The van der Waals surface area contributed by atoms with Gasteiger partial charge in [-0.05, 0) is 31.9 Å². The fraction of sp³-hybridized carbons (Fsp3) is 0.500. The van der Waals surface area contributed by atoms with Gasteiger partial charge in [-0.3, -0.25) is 9.59 Å². The summed E-state index contributed by atoms with van der Waals surface area (Å²) in [5.74, 6) is -0.983. The number of fused-ring (bicyclic) bond motifs is 1. The molecule has 3 rings (SSSR count). The molecule has 0 radical (unpaired) electrons. The highest BCUT2D eigenvalue weighted by Crippen LogP contribution is 2.40. The number of carboxylic acid groups (broad SMARTS) is 1. The molecule has 1 aromatic carbocycles. The first-order valence-corrected chi connectivity index (χ1v) is 7.93. The molecule has 0 aromatic heterocycles. The van der Waals surface area contributed by atoms with Gasteiger partial charge in [0.25, 0.3) is 5.91 Å². The van der Waals surface area contributed by atoms with Crippen LogP contribution in [0.1, 0.15) is 43.0 Å². The van der Waals surface area contributed by atoms with Crippen LogP contribution in [-0.2, 0) is 4.79 Å². The zero-order valence-electron chi connectivity index (χ0n) is 12.7. The average molecular weight is 340 g/mol. The van der Waals surface area contributed by atoms with E-state index in [1.807, 2.05) is 0 Å². The number of hydrogen-bond donors (Lipinski definition) is 2. The Kier molecular flexibility index (Phi) is 4.10. The Morgan fingerprint density at radius 1 is 1.35 bits per heavy atom. The van der Waals surface area contributed by atoms with Crippen LogP contribution >= 0.6 is 11.6 Å². The normalized spacial score (nSPS) is 25.9. The lowest BCUT2D eigenvalue weighted by Crippen LogP contribution is -2.55. The van der Waals surface area contributed by atoms with Crippen molar-refractivity contribution in [1.29, 1.82) is 0 Å². The fourth-order valence-electron chi connectivity index (χ4n) is 3.31. The molecule has 1 heterocycles. The lowest BCUT2D eigenvalue weighted by molar-refractivity contribution is -0.145. The van der Waals surface area contributed by atoms with Gasteiger partial charge in [-0.15, -0.1) is 0 Å². The first-order chi connectivity index (χ1) is 10.9. The first-order valence-electron chi connectivity index (χ1n) is 7.55. The van der Waals surface area contributed by atoms with Crippen LogP contribution in [0.5, 0.6) is 11.5 Å². The molecule has 0 spiro atoms. The molecule has 2 N–H and O–H groups in total. The maximum atomic E-state index is 12.6. The summed E-state index contributed by atoms with van der Waals surface area (Å²) in [6.45, 7) is 1.86. The second-order valence-corrected chi connectivity index (χ2v) is 6.61. The quantitative estimate of drug-likeness (QED) is 0.884. The minimum absolute atomic E-state index is 0.0684. The van der Waals surface area contributed by atoms with E-state index in [9.17, 15) is 14.7 Å². The topological polar surface area (TPSA) is 84.9 Å². The maximum Gasteiger partial charge on any atom is 0.308 e. The van der Waals surface area contributed by atoms with Crippen molar-refractivity contribution in [3.05, 3.63) is 22.7 Å². The minimum Gasteiger partial charge on any atom is -0.481 e. The van der Waals surface area contributed by atoms with Gasteiger partial charge in [-0.1, -0.05) is 24.4 Å². The van der Waals surface area contributed by atoms with Crippen LogP contribution in [0, 0.1) is 5.92 Å². The van der Waals surface area contributed by atoms with Crippen molar-refractivity contribution in [3.8, 4) is 11.5 Å². The van der Waals surface area contributed by atoms with Gasteiger partial charge >= 0.3 is 5.97 Å². The van der Waals surface area contributed by atoms with Crippen molar-refractivity contribution in [2.75, 3.05) is 6.79 Å². The van der Waals surface area contributed by atoms with E-state index in [0.29, 0.717) is 34.9 Å². The van der Waals surface area contributed by atoms with Crippen molar-refractivity contribution in [2.24, 2.45) is 5.92 Å². The second-order valence-electron chi connectivity index (χ2n) is 6.20. The van der Waals surface area contributed by atoms with Gasteiger partial charge in [0.1, 0.15) is 0 Å². The van der Waals surface area contributed by atoms with E-state index in [1.54, 1.807) is 13.0 Å². The summed E-state index contributed by atoms with van der Waals surface area (Å²) in [5.41, 5.74) is -0.445. The van der Waals surface area contributed by atoms with E-state index in [4.69, 9.17) is 21.1 Å². The largest absolute Gasteiger partial charge is 0.481 e. The van der Waals surface area contributed by atoms with Gasteiger partial charge in [-0.2, -0.15) is 0 Å². The van der Waals surface area contributed by atoms with Gasteiger partial charge < -0.3 is 19.9 Å². The highest BCUT2D eigenvalue weighted by Gasteiger charge is 2.42. The van der Waals surface area contributed by atoms with Gasteiger partial charge in [0.15, 0.2) is 11.5 Å². The first kappa shape index (κ1) is 15.9.